The SMILES string of the molecule is CC(C)(C)OC(=O)N1CC(c2ccc3c(c2)CN(C2CCC(=O)NC2=O)C3O)C1. The number of carbonyl (C=O) groups is 3. The number of amides is 3. The van der Waals surface area contributed by atoms with Crippen LogP contribution < -0.4 is 5.32 Å². The predicted octanol–water partition coefficient (Wildman–Crippen LogP) is 1.63. The van der Waals surface area contributed by atoms with Crippen LogP contribution in [-0.2, 0) is 20.9 Å². The maximum Gasteiger partial charge on any atom is 0.410 e. The molecule has 2 unspecified atom stereocenters. The van der Waals surface area contributed by atoms with Crippen LogP contribution in [0.4, 0.5) is 4.79 Å². The summed E-state index contributed by atoms with van der Waals surface area (Å²) in [4.78, 5) is 39.1. The van der Waals surface area contributed by atoms with Crippen LogP contribution in [0.15, 0.2) is 18.2 Å². The molecule has 0 aromatic heterocycles. The van der Waals surface area contributed by atoms with Gasteiger partial charge >= 0.3 is 6.09 Å². The number of aliphatic hydroxyl groups excluding tert-OH is 1. The highest BCUT2D eigenvalue weighted by atomic mass is 16.6. The predicted molar refractivity (Wildman–Crippen MR) is 104 cm³/mol. The quantitative estimate of drug-likeness (QED) is 0.731. The molecule has 1 aromatic carbocycles. The van der Waals surface area contributed by atoms with E-state index in [2.05, 4.69) is 11.4 Å². The maximum absolute atomic E-state index is 12.2. The van der Waals surface area contributed by atoms with E-state index in [4.69, 9.17) is 4.74 Å². The summed E-state index contributed by atoms with van der Waals surface area (Å²) in [6.07, 6.45) is -0.461. The molecule has 2 atom stereocenters. The molecule has 2 saturated heterocycles. The minimum atomic E-state index is -0.859. The summed E-state index contributed by atoms with van der Waals surface area (Å²) in [6, 6.07) is 5.43. The summed E-state index contributed by atoms with van der Waals surface area (Å²) < 4.78 is 5.40. The number of carbonyl (C=O) groups excluding carboxylic acids is 3. The third-order valence-corrected chi connectivity index (χ3v) is 5.73. The van der Waals surface area contributed by atoms with Crippen molar-refractivity contribution in [2.24, 2.45) is 0 Å². The number of nitrogens with one attached hydrogen (secondary N) is 1. The number of ether oxygens (including phenoxy) is 1. The van der Waals surface area contributed by atoms with Crippen molar-refractivity contribution >= 4 is 17.9 Å². The lowest BCUT2D eigenvalue weighted by atomic mass is 9.90. The van der Waals surface area contributed by atoms with Crippen LogP contribution >= 0.6 is 0 Å². The zero-order valence-electron chi connectivity index (χ0n) is 17.0. The highest BCUT2D eigenvalue weighted by Crippen LogP contribution is 2.38. The average Bonchev–Trinajstić information content (AvgIpc) is 2.88. The largest absolute Gasteiger partial charge is 0.444 e. The Labute approximate surface area is 169 Å². The molecule has 2 N–H and O–H groups in total. The number of piperidine rings is 1. The first-order chi connectivity index (χ1) is 13.6. The summed E-state index contributed by atoms with van der Waals surface area (Å²) in [7, 11) is 0. The Morgan fingerprint density at radius 2 is 1.97 bits per heavy atom. The van der Waals surface area contributed by atoms with Gasteiger partial charge in [0.15, 0.2) is 0 Å². The third kappa shape index (κ3) is 3.86. The topological polar surface area (TPSA) is 99.2 Å². The monoisotopic (exact) mass is 401 g/mol. The van der Waals surface area contributed by atoms with E-state index >= 15 is 0 Å². The van der Waals surface area contributed by atoms with Gasteiger partial charge in [0, 0.05) is 32.0 Å². The lowest BCUT2D eigenvalue weighted by Crippen LogP contribution is -2.51. The van der Waals surface area contributed by atoms with Gasteiger partial charge in [-0.15, -0.1) is 0 Å². The molecule has 8 nitrogen and oxygen atoms in total. The van der Waals surface area contributed by atoms with E-state index in [0.717, 1.165) is 16.7 Å². The smallest absolute Gasteiger partial charge is 0.410 e. The third-order valence-electron chi connectivity index (χ3n) is 5.73. The fraction of sp³-hybridized carbons (Fsp3) is 0.571. The van der Waals surface area contributed by atoms with E-state index in [1.807, 2.05) is 32.9 Å². The van der Waals surface area contributed by atoms with Gasteiger partial charge in [-0.3, -0.25) is 19.8 Å². The number of hydrogen-bond donors (Lipinski definition) is 2. The molecule has 0 spiro atoms. The van der Waals surface area contributed by atoms with Gasteiger partial charge in [-0.25, -0.2) is 4.79 Å². The molecule has 3 aliphatic heterocycles. The van der Waals surface area contributed by atoms with Crippen LogP contribution in [0.2, 0.25) is 0 Å². The summed E-state index contributed by atoms with van der Waals surface area (Å²) >= 11 is 0. The van der Waals surface area contributed by atoms with Crippen LogP contribution in [0.3, 0.4) is 0 Å². The van der Waals surface area contributed by atoms with Crippen molar-refractivity contribution in [2.75, 3.05) is 13.1 Å². The number of likely N-dealkylation sites (tertiary alicyclic amines) is 1. The van der Waals surface area contributed by atoms with E-state index in [9.17, 15) is 19.5 Å². The van der Waals surface area contributed by atoms with Gasteiger partial charge in [0.05, 0.1) is 6.04 Å². The van der Waals surface area contributed by atoms with Gasteiger partial charge in [-0.2, -0.15) is 0 Å². The molecule has 3 aliphatic rings. The molecule has 2 fully saturated rings. The number of imide groups is 1. The van der Waals surface area contributed by atoms with E-state index in [1.165, 1.54) is 0 Å². The Morgan fingerprint density at radius 3 is 2.62 bits per heavy atom. The van der Waals surface area contributed by atoms with Crippen LogP contribution in [-0.4, -0.2) is 57.5 Å². The Morgan fingerprint density at radius 1 is 1.24 bits per heavy atom. The van der Waals surface area contributed by atoms with Crippen LogP contribution in [0.5, 0.6) is 0 Å². The van der Waals surface area contributed by atoms with Crippen molar-refractivity contribution in [3.05, 3.63) is 34.9 Å². The second kappa shape index (κ2) is 7.11. The fourth-order valence-electron chi connectivity index (χ4n) is 4.17. The van der Waals surface area contributed by atoms with Gasteiger partial charge in [0.2, 0.25) is 11.8 Å². The van der Waals surface area contributed by atoms with Crippen molar-refractivity contribution < 1.29 is 24.2 Å². The maximum atomic E-state index is 12.2. The van der Waals surface area contributed by atoms with E-state index < -0.39 is 17.9 Å². The molecule has 0 radical (unpaired) electrons. The molecule has 4 rings (SSSR count). The zero-order chi connectivity index (χ0) is 20.9. The highest BCUT2D eigenvalue weighted by molar-refractivity contribution is 6.00. The van der Waals surface area contributed by atoms with Crippen molar-refractivity contribution in [3.8, 4) is 0 Å². The summed E-state index contributed by atoms with van der Waals surface area (Å²) in [6.45, 7) is 7.21. The van der Waals surface area contributed by atoms with Crippen LogP contribution in [0, 0.1) is 0 Å². The molecule has 0 bridgehead atoms. The van der Waals surface area contributed by atoms with Gasteiger partial charge in [-0.1, -0.05) is 18.2 Å². The number of nitrogens with zero attached hydrogens (tertiary/aromatic N) is 2. The number of aliphatic hydroxyl groups is 1. The molecular weight excluding hydrogens is 374 g/mol. The fourth-order valence-corrected chi connectivity index (χ4v) is 4.17. The summed E-state index contributed by atoms with van der Waals surface area (Å²) in [5.74, 6) is -0.380. The Bertz CT molecular complexity index is 856. The standard InChI is InChI=1S/C21H27N3O5/c1-21(2,3)29-20(28)23-9-14(10-23)12-4-5-15-13(8-12)11-24(19(15)27)16-6-7-17(25)22-18(16)26/h4-5,8,14,16,19,27H,6-7,9-11H2,1-3H3,(H,22,25,26). The Balaban J connectivity index is 1.41. The molecule has 3 heterocycles. The van der Waals surface area contributed by atoms with Gasteiger partial charge in [0.25, 0.3) is 0 Å². The molecule has 8 heteroatoms. The van der Waals surface area contributed by atoms with Gasteiger partial charge < -0.3 is 14.7 Å². The van der Waals surface area contributed by atoms with Crippen LogP contribution in [0.25, 0.3) is 0 Å². The number of rotatable bonds is 2. The van der Waals surface area contributed by atoms with Crippen molar-refractivity contribution in [3.63, 3.8) is 0 Å². The lowest BCUT2D eigenvalue weighted by molar-refractivity contribution is -0.141. The molecule has 0 saturated carbocycles. The van der Waals surface area contributed by atoms with Crippen molar-refractivity contribution in [2.45, 2.75) is 63.9 Å². The lowest BCUT2D eigenvalue weighted by Gasteiger charge is -2.40. The van der Waals surface area contributed by atoms with Crippen molar-refractivity contribution in [1.82, 2.24) is 15.1 Å². The summed E-state index contributed by atoms with van der Waals surface area (Å²) in [5.41, 5.74) is 2.38. The molecule has 0 aliphatic carbocycles. The minimum absolute atomic E-state index is 0.231. The Kier molecular flexibility index (Phi) is 4.86. The number of benzene rings is 1. The minimum Gasteiger partial charge on any atom is -0.444 e. The second-order valence-electron chi connectivity index (χ2n) is 9.05. The second-order valence-corrected chi connectivity index (χ2v) is 9.05. The van der Waals surface area contributed by atoms with Gasteiger partial charge in [-0.05, 0) is 43.9 Å². The van der Waals surface area contributed by atoms with Crippen LogP contribution in [0.1, 0.15) is 62.4 Å². The molecular formula is C21H27N3O5. The van der Waals surface area contributed by atoms with Crippen molar-refractivity contribution in [1.29, 1.82) is 0 Å². The number of hydrogen-bond acceptors (Lipinski definition) is 6. The normalized spacial score (nSPS) is 25.4. The molecule has 29 heavy (non-hydrogen) atoms. The first-order valence-electron chi connectivity index (χ1n) is 10.0. The number of fused-ring (bicyclic) bond motifs is 1. The van der Waals surface area contributed by atoms with E-state index in [1.54, 1.807) is 9.80 Å². The highest BCUT2D eigenvalue weighted by Gasteiger charge is 2.40. The molecule has 3 amide bonds. The first-order valence-corrected chi connectivity index (χ1v) is 10.0. The Hall–Kier alpha value is -2.45. The molecule has 1 aromatic rings. The van der Waals surface area contributed by atoms with Gasteiger partial charge in [0.1, 0.15) is 11.8 Å². The zero-order valence-corrected chi connectivity index (χ0v) is 17.0. The van der Waals surface area contributed by atoms with E-state index in [0.29, 0.717) is 26.1 Å². The molecule has 156 valence electrons. The average molecular weight is 401 g/mol. The summed E-state index contributed by atoms with van der Waals surface area (Å²) in [5, 5.41) is 13.0. The van der Waals surface area contributed by atoms with E-state index in [-0.39, 0.29) is 30.2 Å². The first kappa shape index (κ1) is 19.8.